The van der Waals surface area contributed by atoms with Crippen LogP contribution in [0.1, 0.15) is 30.5 Å². The first-order valence-corrected chi connectivity index (χ1v) is 5.82. The average Bonchev–Trinajstić information content (AvgIpc) is 2.69. The van der Waals surface area contributed by atoms with Crippen molar-refractivity contribution >= 4 is 5.82 Å². The number of hydrogen-bond donors (Lipinski definition) is 1. The fourth-order valence-electron chi connectivity index (χ4n) is 2.88. The molecule has 3 atom stereocenters. The highest BCUT2D eigenvalue weighted by molar-refractivity contribution is 5.47. The second-order valence-electron chi connectivity index (χ2n) is 4.86. The highest BCUT2D eigenvalue weighted by atomic mass is 15.1. The van der Waals surface area contributed by atoms with Crippen LogP contribution in [0.25, 0.3) is 0 Å². The quantitative estimate of drug-likeness (QED) is 0.801. The van der Waals surface area contributed by atoms with Gasteiger partial charge in [-0.1, -0.05) is 6.42 Å². The molecule has 0 amide bonds. The van der Waals surface area contributed by atoms with E-state index >= 15 is 0 Å². The van der Waals surface area contributed by atoms with Gasteiger partial charge < -0.3 is 5.32 Å². The van der Waals surface area contributed by atoms with E-state index in [9.17, 15) is 0 Å². The number of rotatable bonds is 2. The molecular weight excluding hydrogens is 186 g/mol. The zero-order valence-corrected chi connectivity index (χ0v) is 9.33. The number of nitrogens with zero attached hydrogens (tertiary/aromatic N) is 2. The van der Waals surface area contributed by atoms with Gasteiger partial charge in [-0.25, -0.2) is 9.97 Å². The predicted molar refractivity (Wildman–Crippen MR) is 59.7 cm³/mol. The van der Waals surface area contributed by atoms with Crippen LogP contribution < -0.4 is 5.32 Å². The molecular formula is C12H17N3. The number of nitrogens with one attached hydrogen (secondary N) is 1. The summed E-state index contributed by atoms with van der Waals surface area (Å²) in [6.07, 6.45) is 5.90. The van der Waals surface area contributed by atoms with E-state index in [0.717, 1.165) is 23.3 Å². The van der Waals surface area contributed by atoms with E-state index in [1.54, 1.807) is 6.33 Å². The second-order valence-corrected chi connectivity index (χ2v) is 4.86. The monoisotopic (exact) mass is 203 g/mol. The minimum atomic E-state index is 0.701. The zero-order valence-electron chi connectivity index (χ0n) is 9.33. The van der Waals surface area contributed by atoms with Crippen molar-refractivity contribution < 1.29 is 0 Å². The summed E-state index contributed by atoms with van der Waals surface area (Å²) < 4.78 is 0. The lowest BCUT2D eigenvalue weighted by molar-refractivity contribution is 0.693. The van der Waals surface area contributed by atoms with Gasteiger partial charge in [-0.2, -0.15) is 0 Å². The number of aromatic nitrogens is 2. The van der Waals surface area contributed by atoms with Gasteiger partial charge in [-0.3, -0.25) is 0 Å². The highest BCUT2D eigenvalue weighted by Gasteiger charge is 2.52. The van der Waals surface area contributed by atoms with Crippen molar-refractivity contribution in [2.45, 2.75) is 39.2 Å². The molecule has 15 heavy (non-hydrogen) atoms. The SMILES string of the molecule is Cc1ncnc(NC2[C@H]3CCC[C@@H]23)c1C. The van der Waals surface area contributed by atoms with Crippen molar-refractivity contribution in [2.24, 2.45) is 11.8 Å². The maximum atomic E-state index is 4.32. The third-order valence-corrected chi connectivity index (χ3v) is 4.05. The van der Waals surface area contributed by atoms with Crippen LogP contribution in [0.5, 0.6) is 0 Å². The molecule has 2 aliphatic rings. The van der Waals surface area contributed by atoms with E-state index < -0.39 is 0 Å². The van der Waals surface area contributed by atoms with Crippen molar-refractivity contribution in [3.8, 4) is 0 Å². The lowest BCUT2D eigenvalue weighted by Gasteiger charge is -2.10. The Morgan fingerprint density at radius 2 is 1.93 bits per heavy atom. The Kier molecular flexibility index (Phi) is 1.94. The van der Waals surface area contributed by atoms with Gasteiger partial charge in [0.15, 0.2) is 0 Å². The Balaban J connectivity index is 1.75. The van der Waals surface area contributed by atoms with Crippen molar-refractivity contribution in [1.82, 2.24) is 9.97 Å². The molecule has 1 aromatic rings. The summed E-state index contributed by atoms with van der Waals surface area (Å²) in [6, 6.07) is 0.701. The van der Waals surface area contributed by atoms with Crippen LogP contribution in [0.3, 0.4) is 0 Å². The Labute approximate surface area is 90.3 Å². The van der Waals surface area contributed by atoms with Crippen LogP contribution in [0.4, 0.5) is 5.82 Å². The van der Waals surface area contributed by atoms with Crippen LogP contribution >= 0.6 is 0 Å². The predicted octanol–water partition coefficient (Wildman–Crippen LogP) is 2.30. The van der Waals surface area contributed by atoms with Crippen molar-refractivity contribution in [2.75, 3.05) is 5.32 Å². The first kappa shape index (κ1) is 9.13. The summed E-state index contributed by atoms with van der Waals surface area (Å²) in [4.78, 5) is 8.51. The largest absolute Gasteiger partial charge is 0.366 e. The van der Waals surface area contributed by atoms with Crippen LogP contribution in [0, 0.1) is 25.7 Å². The molecule has 0 saturated heterocycles. The summed E-state index contributed by atoms with van der Waals surface area (Å²) in [7, 11) is 0. The minimum Gasteiger partial charge on any atom is -0.366 e. The molecule has 0 bridgehead atoms. The maximum Gasteiger partial charge on any atom is 0.132 e. The molecule has 1 N–H and O–H groups in total. The molecule has 2 aliphatic carbocycles. The van der Waals surface area contributed by atoms with E-state index in [1.165, 1.54) is 24.8 Å². The Morgan fingerprint density at radius 3 is 2.67 bits per heavy atom. The van der Waals surface area contributed by atoms with E-state index in [-0.39, 0.29) is 0 Å². The van der Waals surface area contributed by atoms with Crippen LogP contribution in [0.2, 0.25) is 0 Å². The van der Waals surface area contributed by atoms with E-state index in [1.807, 2.05) is 6.92 Å². The molecule has 3 heteroatoms. The highest BCUT2D eigenvalue weighted by Crippen LogP contribution is 2.53. The minimum absolute atomic E-state index is 0.701. The molecule has 0 aliphatic heterocycles. The normalized spacial score (nSPS) is 32.5. The molecule has 0 radical (unpaired) electrons. The van der Waals surface area contributed by atoms with E-state index in [0.29, 0.717) is 6.04 Å². The van der Waals surface area contributed by atoms with Crippen LogP contribution in [-0.4, -0.2) is 16.0 Å². The Bertz CT molecular complexity index is 378. The number of fused-ring (bicyclic) bond motifs is 1. The second kappa shape index (κ2) is 3.19. The molecule has 2 saturated carbocycles. The van der Waals surface area contributed by atoms with Gasteiger partial charge in [-0.15, -0.1) is 0 Å². The van der Waals surface area contributed by atoms with E-state index in [2.05, 4.69) is 22.2 Å². The summed E-state index contributed by atoms with van der Waals surface area (Å²) in [5, 5.41) is 3.58. The lowest BCUT2D eigenvalue weighted by atomic mass is 10.2. The number of anilines is 1. The van der Waals surface area contributed by atoms with E-state index in [4.69, 9.17) is 0 Å². The fourth-order valence-corrected chi connectivity index (χ4v) is 2.88. The molecule has 0 spiro atoms. The third-order valence-electron chi connectivity index (χ3n) is 4.05. The standard InChI is InChI=1S/C12H17N3/c1-7-8(2)13-6-14-12(7)15-11-9-4-3-5-10(9)11/h6,9-11H,3-5H2,1-2H3,(H,13,14,15)/t9-,10+,11?. The topological polar surface area (TPSA) is 37.8 Å². The molecule has 1 heterocycles. The van der Waals surface area contributed by atoms with Crippen molar-refractivity contribution in [3.63, 3.8) is 0 Å². The number of hydrogen-bond acceptors (Lipinski definition) is 3. The summed E-state index contributed by atoms with van der Waals surface area (Å²) >= 11 is 0. The number of aryl methyl sites for hydroxylation is 1. The van der Waals surface area contributed by atoms with Gasteiger partial charge >= 0.3 is 0 Å². The summed E-state index contributed by atoms with van der Waals surface area (Å²) in [5.74, 6) is 2.90. The first-order chi connectivity index (χ1) is 7.27. The molecule has 80 valence electrons. The smallest absolute Gasteiger partial charge is 0.132 e. The fraction of sp³-hybridized carbons (Fsp3) is 0.667. The Hall–Kier alpha value is -1.12. The van der Waals surface area contributed by atoms with Crippen LogP contribution in [-0.2, 0) is 0 Å². The van der Waals surface area contributed by atoms with Crippen molar-refractivity contribution in [3.05, 3.63) is 17.6 Å². The van der Waals surface area contributed by atoms with Gasteiger partial charge in [0, 0.05) is 17.3 Å². The Morgan fingerprint density at radius 1 is 1.20 bits per heavy atom. The lowest BCUT2D eigenvalue weighted by Crippen LogP contribution is -2.11. The molecule has 2 fully saturated rings. The maximum absolute atomic E-state index is 4.32. The average molecular weight is 203 g/mol. The molecule has 3 nitrogen and oxygen atoms in total. The van der Waals surface area contributed by atoms with Gasteiger partial charge in [0.2, 0.25) is 0 Å². The molecule has 3 rings (SSSR count). The first-order valence-electron chi connectivity index (χ1n) is 5.82. The van der Waals surface area contributed by atoms with Gasteiger partial charge in [-0.05, 0) is 38.5 Å². The molecule has 1 unspecified atom stereocenters. The summed E-state index contributed by atoms with van der Waals surface area (Å²) in [6.45, 7) is 4.13. The van der Waals surface area contributed by atoms with Gasteiger partial charge in [0.1, 0.15) is 12.1 Å². The molecule has 1 aromatic heterocycles. The van der Waals surface area contributed by atoms with Gasteiger partial charge in [0.25, 0.3) is 0 Å². The zero-order chi connectivity index (χ0) is 10.4. The third kappa shape index (κ3) is 1.41. The van der Waals surface area contributed by atoms with Crippen LogP contribution in [0.15, 0.2) is 6.33 Å². The summed E-state index contributed by atoms with van der Waals surface area (Å²) in [5.41, 5.74) is 2.28. The van der Waals surface area contributed by atoms with Gasteiger partial charge in [0.05, 0.1) is 0 Å². The van der Waals surface area contributed by atoms with Crippen molar-refractivity contribution in [1.29, 1.82) is 0 Å². The molecule has 0 aromatic carbocycles.